The number of rotatable bonds is 2. The summed E-state index contributed by atoms with van der Waals surface area (Å²) in [7, 11) is 0. The molecule has 3 heterocycles. The molecule has 2 atom stereocenters. The Bertz CT molecular complexity index is 365. The van der Waals surface area contributed by atoms with Gasteiger partial charge in [0.05, 0.1) is 0 Å². The summed E-state index contributed by atoms with van der Waals surface area (Å²) in [6.07, 6.45) is 6.64. The van der Waals surface area contributed by atoms with Gasteiger partial charge in [0.15, 0.2) is 0 Å². The average Bonchev–Trinajstić information content (AvgIpc) is 2.90. The van der Waals surface area contributed by atoms with E-state index in [1.54, 1.807) is 0 Å². The lowest BCUT2D eigenvalue weighted by atomic mass is 10.0. The number of hydrogen-bond acceptors (Lipinski definition) is 3. The van der Waals surface area contributed by atoms with E-state index in [0.717, 1.165) is 44.8 Å². The topological polar surface area (TPSA) is 55.9 Å². The van der Waals surface area contributed by atoms with Crippen LogP contribution in [0.5, 0.6) is 0 Å². The molecule has 1 saturated heterocycles. The van der Waals surface area contributed by atoms with Crippen molar-refractivity contribution in [1.82, 2.24) is 14.9 Å². The van der Waals surface area contributed by atoms with Crippen LogP contribution in [0.4, 0.5) is 0 Å². The highest BCUT2D eigenvalue weighted by Gasteiger charge is 2.22. The maximum Gasteiger partial charge on any atom is 0.109 e. The van der Waals surface area contributed by atoms with Crippen LogP contribution >= 0.6 is 0 Å². The van der Waals surface area contributed by atoms with Crippen LogP contribution in [0.2, 0.25) is 0 Å². The molecule has 2 unspecified atom stereocenters. The monoisotopic (exact) mass is 220 g/mol. The number of imidazole rings is 1. The van der Waals surface area contributed by atoms with Crippen LogP contribution in [0.1, 0.15) is 24.4 Å². The molecule has 1 aromatic rings. The molecule has 0 radical (unpaired) electrons. The van der Waals surface area contributed by atoms with E-state index >= 15 is 0 Å². The normalized spacial score (nSPS) is 29.3. The van der Waals surface area contributed by atoms with E-state index in [2.05, 4.69) is 14.9 Å². The zero-order valence-electron chi connectivity index (χ0n) is 9.65. The van der Waals surface area contributed by atoms with Gasteiger partial charge in [0.1, 0.15) is 5.82 Å². The summed E-state index contributed by atoms with van der Waals surface area (Å²) >= 11 is 0. The van der Waals surface area contributed by atoms with E-state index in [4.69, 9.17) is 5.73 Å². The minimum Gasteiger partial charge on any atom is -0.330 e. The average molecular weight is 220 g/mol. The molecule has 0 saturated carbocycles. The molecule has 0 amide bonds. The van der Waals surface area contributed by atoms with Crippen LogP contribution in [-0.4, -0.2) is 28.7 Å². The lowest BCUT2D eigenvalue weighted by Gasteiger charge is -2.23. The van der Waals surface area contributed by atoms with Gasteiger partial charge >= 0.3 is 0 Å². The third-order valence-electron chi connectivity index (χ3n) is 3.84. The van der Waals surface area contributed by atoms with Crippen molar-refractivity contribution in [1.29, 1.82) is 0 Å². The molecule has 3 N–H and O–H groups in total. The first-order chi connectivity index (χ1) is 7.83. The molecule has 4 heteroatoms. The zero-order chi connectivity index (χ0) is 11.0. The van der Waals surface area contributed by atoms with E-state index in [-0.39, 0.29) is 0 Å². The van der Waals surface area contributed by atoms with Crippen molar-refractivity contribution in [3.63, 3.8) is 0 Å². The molecule has 0 spiro atoms. The second-order valence-electron chi connectivity index (χ2n) is 5.14. The van der Waals surface area contributed by atoms with Crippen molar-refractivity contribution in [2.45, 2.75) is 38.3 Å². The van der Waals surface area contributed by atoms with Gasteiger partial charge in [-0.25, -0.2) is 4.98 Å². The molecule has 4 nitrogen and oxygen atoms in total. The summed E-state index contributed by atoms with van der Waals surface area (Å²) in [5.41, 5.74) is 7.40. The summed E-state index contributed by atoms with van der Waals surface area (Å²) in [5.74, 6) is 2.02. The molecule has 0 aromatic carbocycles. The maximum absolute atomic E-state index is 6.02. The summed E-state index contributed by atoms with van der Waals surface area (Å²) < 4.78 is 2.35. The van der Waals surface area contributed by atoms with Crippen molar-refractivity contribution in [2.75, 3.05) is 13.1 Å². The molecule has 1 aromatic heterocycles. The Morgan fingerprint density at radius 3 is 3.25 bits per heavy atom. The van der Waals surface area contributed by atoms with Gasteiger partial charge in [0.2, 0.25) is 0 Å². The van der Waals surface area contributed by atoms with Crippen molar-refractivity contribution < 1.29 is 0 Å². The highest BCUT2D eigenvalue weighted by Crippen LogP contribution is 2.20. The van der Waals surface area contributed by atoms with Crippen LogP contribution < -0.4 is 11.1 Å². The molecular formula is C12H20N4. The number of fused-ring (bicyclic) bond motifs is 1. The number of aromatic nitrogens is 2. The number of nitrogens with two attached hydrogens (primary N) is 1. The Morgan fingerprint density at radius 1 is 1.50 bits per heavy atom. The SMILES string of the molecule is NC1CCc2cnc(CC3CCNC3)n2C1. The minimum atomic E-state index is 0.321. The Labute approximate surface area is 96.2 Å². The van der Waals surface area contributed by atoms with E-state index in [1.165, 1.54) is 17.9 Å². The number of hydrogen-bond donors (Lipinski definition) is 2. The summed E-state index contributed by atoms with van der Waals surface area (Å²) in [6.45, 7) is 3.27. The van der Waals surface area contributed by atoms with E-state index in [9.17, 15) is 0 Å². The first-order valence-corrected chi connectivity index (χ1v) is 6.32. The Kier molecular flexibility index (Phi) is 2.69. The number of nitrogens with zero attached hydrogens (tertiary/aromatic N) is 2. The van der Waals surface area contributed by atoms with E-state index in [0.29, 0.717) is 6.04 Å². The van der Waals surface area contributed by atoms with E-state index in [1.807, 2.05) is 6.20 Å². The molecule has 16 heavy (non-hydrogen) atoms. The zero-order valence-corrected chi connectivity index (χ0v) is 9.65. The van der Waals surface area contributed by atoms with Crippen molar-refractivity contribution in [3.05, 3.63) is 17.7 Å². The van der Waals surface area contributed by atoms with Gasteiger partial charge in [-0.3, -0.25) is 0 Å². The first-order valence-electron chi connectivity index (χ1n) is 6.32. The predicted molar refractivity (Wildman–Crippen MR) is 63.2 cm³/mol. The molecule has 3 rings (SSSR count). The fourth-order valence-electron chi connectivity index (χ4n) is 2.85. The fourth-order valence-corrected chi connectivity index (χ4v) is 2.85. The van der Waals surface area contributed by atoms with Crippen molar-refractivity contribution in [3.8, 4) is 0 Å². The second-order valence-corrected chi connectivity index (χ2v) is 5.14. The minimum absolute atomic E-state index is 0.321. The van der Waals surface area contributed by atoms with Crippen molar-refractivity contribution in [2.24, 2.45) is 11.7 Å². The lowest BCUT2D eigenvalue weighted by molar-refractivity contribution is 0.436. The van der Waals surface area contributed by atoms with Gasteiger partial charge in [-0.15, -0.1) is 0 Å². The van der Waals surface area contributed by atoms with Gasteiger partial charge in [-0.1, -0.05) is 0 Å². The van der Waals surface area contributed by atoms with Gasteiger partial charge in [-0.2, -0.15) is 0 Å². The van der Waals surface area contributed by atoms with Crippen LogP contribution in [0.25, 0.3) is 0 Å². The second kappa shape index (κ2) is 4.18. The highest BCUT2D eigenvalue weighted by atomic mass is 15.1. The number of aryl methyl sites for hydroxylation is 1. The summed E-state index contributed by atoms with van der Waals surface area (Å²) in [4.78, 5) is 4.58. The smallest absolute Gasteiger partial charge is 0.109 e. The predicted octanol–water partition coefficient (Wildman–Crippen LogP) is 0.309. The fraction of sp³-hybridized carbons (Fsp3) is 0.750. The Morgan fingerprint density at radius 2 is 2.44 bits per heavy atom. The summed E-state index contributed by atoms with van der Waals surface area (Å²) in [6, 6.07) is 0.321. The standard InChI is InChI=1S/C12H20N4/c13-10-1-2-11-7-15-12(16(11)8-10)5-9-3-4-14-6-9/h7,9-10,14H,1-6,8,13H2. The third-order valence-corrected chi connectivity index (χ3v) is 3.84. The molecule has 2 aliphatic rings. The van der Waals surface area contributed by atoms with E-state index < -0.39 is 0 Å². The molecule has 0 bridgehead atoms. The lowest BCUT2D eigenvalue weighted by Crippen LogP contribution is -2.32. The van der Waals surface area contributed by atoms with Crippen LogP contribution in [0.15, 0.2) is 6.20 Å². The molecule has 2 aliphatic heterocycles. The number of nitrogens with one attached hydrogen (secondary N) is 1. The van der Waals surface area contributed by atoms with Crippen LogP contribution in [0, 0.1) is 5.92 Å². The Hall–Kier alpha value is -0.870. The maximum atomic E-state index is 6.02. The quantitative estimate of drug-likeness (QED) is 0.754. The largest absolute Gasteiger partial charge is 0.330 e. The molecule has 0 aliphatic carbocycles. The van der Waals surface area contributed by atoms with Crippen LogP contribution in [0.3, 0.4) is 0 Å². The summed E-state index contributed by atoms with van der Waals surface area (Å²) in [5, 5.41) is 3.41. The van der Waals surface area contributed by atoms with Gasteiger partial charge in [0, 0.05) is 30.9 Å². The highest BCUT2D eigenvalue weighted by molar-refractivity contribution is 5.10. The van der Waals surface area contributed by atoms with Crippen molar-refractivity contribution >= 4 is 0 Å². The molecular weight excluding hydrogens is 200 g/mol. The van der Waals surface area contributed by atoms with Gasteiger partial charge < -0.3 is 15.6 Å². The third kappa shape index (κ3) is 1.87. The molecule has 1 fully saturated rings. The van der Waals surface area contributed by atoms with Gasteiger partial charge in [0.25, 0.3) is 0 Å². The first kappa shape index (κ1) is 10.3. The molecule has 88 valence electrons. The van der Waals surface area contributed by atoms with Crippen LogP contribution in [-0.2, 0) is 19.4 Å². The van der Waals surface area contributed by atoms with Gasteiger partial charge in [-0.05, 0) is 38.3 Å². The Balaban J connectivity index is 1.77.